The van der Waals surface area contributed by atoms with Gasteiger partial charge in [-0.1, -0.05) is 0 Å². The van der Waals surface area contributed by atoms with Crippen LogP contribution in [0.2, 0.25) is 0 Å². The van der Waals surface area contributed by atoms with E-state index in [2.05, 4.69) is 4.72 Å². The van der Waals surface area contributed by atoms with Gasteiger partial charge in [-0.25, -0.2) is 13.1 Å². The van der Waals surface area contributed by atoms with Gasteiger partial charge in [-0.15, -0.1) is 0 Å². The highest BCUT2D eigenvalue weighted by atomic mass is 32.2. The molecule has 0 aliphatic heterocycles. The molecule has 2 fully saturated rings. The third-order valence-corrected chi connectivity index (χ3v) is 4.90. The van der Waals surface area contributed by atoms with Gasteiger partial charge in [0.2, 0.25) is 10.0 Å². The van der Waals surface area contributed by atoms with E-state index in [1.165, 1.54) is 0 Å². The lowest BCUT2D eigenvalue weighted by Crippen LogP contribution is -2.35. The first-order chi connectivity index (χ1) is 6.08. The number of nitrogens with two attached hydrogens (primary N) is 1. The van der Waals surface area contributed by atoms with E-state index in [1.54, 1.807) is 0 Å². The third kappa shape index (κ3) is 2.03. The van der Waals surface area contributed by atoms with Crippen LogP contribution in [0.5, 0.6) is 0 Å². The van der Waals surface area contributed by atoms with Crippen molar-refractivity contribution in [3.63, 3.8) is 0 Å². The summed E-state index contributed by atoms with van der Waals surface area (Å²) in [6, 6.07) is 0. The van der Waals surface area contributed by atoms with Crippen LogP contribution >= 0.6 is 0 Å². The van der Waals surface area contributed by atoms with Crippen molar-refractivity contribution in [2.45, 2.75) is 30.9 Å². The summed E-state index contributed by atoms with van der Waals surface area (Å²) in [5, 5.41) is -0.110. The highest BCUT2D eigenvalue weighted by molar-refractivity contribution is 7.90. The topological polar surface area (TPSA) is 72.2 Å². The average Bonchev–Trinajstić information content (AvgIpc) is 2.96. The molecule has 0 spiro atoms. The lowest BCUT2D eigenvalue weighted by molar-refractivity contribution is 0.500. The summed E-state index contributed by atoms with van der Waals surface area (Å²) < 4.78 is 25.5. The second-order valence-electron chi connectivity index (χ2n) is 4.27. The summed E-state index contributed by atoms with van der Waals surface area (Å²) in [5.74, 6) is 0. The van der Waals surface area contributed by atoms with E-state index in [4.69, 9.17) is 5.73 Å². The second kappa shape index (κ2) is 2.93. The Hall–Kier alpha value is -0.130. The van der Waals surface area contributed by atoms with Crippen molar-refractivity contribution in [2.75, 3.05) is 13.1 Å². The molecule has 2 aliphatic rings. The molecule has 0 heterocycles. The molecule has 0 aromatic rings. The van der Waals surface area contributed by atoms with Crippen LogP contribution in [0.25, 0.3) is 0 Å². The molecule has 2 rings (SSSR count). The van der Waals surface area contributed by atoms with Gasteiger partial charge in [0.25, 0.3) is 0 Å². The fourth-order valence-electron chi connectivity index (χ4n) is 1.38. The zero-order valence-electron chi connectivity index (χ0n) is 7.62. The molecule has 0 atom stereocenters. The maximum absolute atomic E-state index is 11.4. The largest absolute Gasteiger partial charge is 0.330 e. The van der Waals surface area contributed by atoms with Crippen LogP contribution < -0.4 is 10.5 Å². The molecule has 4 nitrogen and oxygen atoms in total. The summed E-state index contributed by atoms with van der Waals surface area (Å²) in [4.78, 5) is 0. The molecule has 0 aromatic heterocycles. The van der Waals surface area contributed by atoms with Crippen molar-refractivity contribution in [2.24, 2.45) is 11.1 Å². The van der Waals surface area contributed by atoms with E-state index in [-0.39, 0.29) is 10.7 Å². The Bertz CT molecular complexity index is 291. The Labute approximate surface area is 78.9 Å². The van der Waals surface area contributed by atoms with Crippen LogP contribution in [0.4, 0.5) is 0 Å². The quantitative estimate of drug-likeness (QED) is 0.652. The van der Waals surface area contributed by atoms with Crippen LogP contribution in [0.15, 0.2) is 0 Å². The van der Waals surface area contributed by atoms with Crippen molar-refractivity contribution in [3.8, 4) is 0 Å². The zero-order valence-corrected chi connectivity index (χ0v) is 8.44. The number of nitrogens with one attached hydrogen (secondary N) is 1. The van der Waals surface area contributed by atoms with Gasteiger partial charge < -0.3 is 5.73 Å². The van der Waals surface area contributed by atoms with Crippen molar-refractivity contribution < 1.29 is 8.42 Å². The van der Waals surface area contributed by atoms with E-state index in [0.717, 1.165) is 25.7 Å². The highest BCUT2D eigenvalue weighted by Gasteiger charge is 2.43. The number of sulfonamides is 1. The minimum Gasteiger partial charge on any atom is -0.330 e. The van der Waals surface area contributed by atoms with Gasteiger partial charge in [0, 0.05) is 6.54 Å². The minimum absolute atomic E-state index is 0.0992. The molecular weight excluding hydrogens is 188 g/mol. The average molecular weight is 204 g/mol. The molecule has 0 aromatic carbocycles. The Morgan fingerprint density at radius 2 is 2.00 bits per heavy atom. The van der Waals surface area contributed by atoms with Crippen LogP contribution in [0, 0.1) is 5.41 Å². The molecular formula is C8H16N2O2S. The van der Waals surface area contributed by atoms with Gasteiger partial charge in [0.05, 0.1) is 5.25 Å². The number of hydrogen-bond donors (Lipinski definition) is 2. The van der Waals surface area contributed by atoms with Gasteiger partial charge >= 0.3 is 0 Å². The minimum atomic E-state index is -3.00. The molecule has 0 unspecified atom stereocenters. The molecule has 0 radical (unpaired) electrons. The molecule has 2 saturated carbocycles. The van der Waals surface area contributed by atoms with Crippen molar-refractivity contribution in [3.05, 3.63) is 0 Å². The van der Waals surface area contributed by atoms with E-state index < -0.39 is 10.0 Å². The van der Waals surface area contributed by atoms with Gasteiger partial charge in [-0.05, 0) is 37.6 Å². The lowest BCUT2D eigenvalue weighted by atomic mass is 10.1. The van der Waals surface area contributed by atoms with Gasteiger partial charge in [0.15, 0.2) is 0 Å². The smallest absolute Gasteiger partial charge is 0.214 e. The van der Waals surface area contributed by atoms with Gasteiger partial charge in [-0.2, -0.15) is 0 Å². The van der Waals surface area contributed by atoms with E-state index in [1.807, 2.05) is 0 Å². The van der Waals surface area contributed by atoms with Gasteiger partial charge in [-0.3, -0.25) is 0 Å². The molecule has 13 heavy (non-hydrogen) atoms. The first-order valence-corrected chi connectivity index (χ1v) is 6.31. The standard InChI is InChI=1S/C8H16N2O2S/c9-5-8(3-4-8)6-10-13(11,12)7-1-2-7/h7,10H,1-6,9H2. The van der Waals surface area contributed by atoms with Crippen LogP contribution in [0.3, 0.4) is 0 Å². The molecule has 2 aliphatic carbocycles. The molecule has 5 heteroatoms. The number of rotatable bonds is 5. The predicted octanol–water partition coefficient (Wildman–Crippen LogP) is -0.193. The van der Waals surface area contributed by atoms with Crippen molar-refractivity contribution >= 4 is 10.0 Å². The Morgan fingerprint density at radius 1 is 1.38 bits per heavy atom. The lowest BCUT2D eigenvalue weighted by Gasteiger charge is -2.12. The maximum atomic E-state index is 11.4. The second-order valence-corrected chi connectivity index (χ2v) is 6.31. The third-order valence-electron chi connectivity index (χ3n) is 3.00. The molecule has 0 bridgehead atoms. The van der Waals surface area contributed by atoms with E-state index >= 15 is 0 Å². The Kier molecular flexibility index (Phi) is 2.13. The fourth-order valence-corrected chi connectivity index (χ4v) is 2.88. The summed E-state index contributed by atoms with van der Waals surface area (Å²) in [7, 11) is -3.00. The number of hydrogen-bond acceptors (Lipinski definition) is 3. The molecule has 0 saturated heterocycles. The SMILES string of the molecule is NCC1(CNS(=O)(=O)C2CC2)CC1. The highest BCUT2D eigenvalue weighted by Crippen LogP contribution is 2.44. The normalized spacial score (nSPS) is 25.9. The summed E-state index contributed by atoms with van der Waals surface area (Å²) in [6.45, 7) is 1.14. The Balaban J connectivity index is 1.85. The zero-order chi connectivity index (χ0) is 9.53. The van der Waals surface area contributed by atoms with Crippen LogP contribution in [-0.2, 0) is 10.0 Å². The van der Waals surface area contributed by atoms with Gasteiger partial charge in [0.1, 0.15) is 0 Å². The Morgan fingerprint density at radius 3 is 2.38 bits per heavy atom. The summed E-state index contributed by atoms with van der Waals surface area (Å²) in [5.41, 5.74) is 5.65. The first kappa shape index (κ1) is 9.43. The fraction of sp³-hybridized carbons (Fsp3) is 1.00. The molecule has 3 N–H and O–H groups in total. The van der Waals surface area contributed by atoms with Crippen molar-refractivity contribution in [1.29, 1.82) is 0 Å². The monoisotopic (exact) mass is 204 g/mol. The van der Waals surface area contributed by atoms with Crippen LogP contribution in [-0.4, -0.2) is 26.8 Å². The predicted molar refractivity (Wildman–Crippen MR) is 50.7 cm³/mol. The summed E-state index contributed by atoms with van der Waals surface area (Å²) in [6.07, 6.45) is 3.78. The summed E-state index contributed by atoms with van der Waals surface area (Å²) >= 11 is 0. The first-order valence-electron chi connectivity index (χ1n) is 4.77. The molecule has 76 valence electrons. The van der Waals surface area contributed by atoms with Crippen LogP contribution in [0.1, 0.15) is 25.7 Å². The van der Waals surface area contributed by atoms with E-state index in [9.17, 15) is 8.42 Å². The maximum Gasteiger partial charge on any atom is 0.214 e. The molecule has 0 amide bonds. The van der Waals surface area contributed by atoms with Crippen molar-refractivity contribution in [1.82, 2.24) is 4.72 Å². The van der Waals surface area contributed by atoms with E-state index in [0.29, 0.717) is 13.1 Å².